The molecule has 1 aromatic carbocycles. The van der Waals surface area contributed by atoms with Crippen molar-refractivity contribution in [2.45, 2.75) is 31.8 Å². The Morgan fingerprint density at radius 2 is 1.96 bits per heavy atom. The van der Waals surface area contributed by atoms with Gasteiger partial charge in [-0.3, -0.25) is 14.5 Å². The molecule has 1 unspecified atom stereocenters. The molecule has 0 bridgehead atoms. The molecule has 1 fully saturated rings. The highest BCUT2D eigenvalue weighted by Crippen LogP contribution is 2.23. The molecule has 132 valence electrons. The second-order valence-corrected chi connectivity index (χ2v) is 8.02. The van der Waals surface area contributed by atoms with E-state index in [1.807, 2.05) is 18.2 Å². The zero-order valence-corrected chi connectivity index (χ0v) is 15.5. The molecular formula is C19H21ClN2O2S. The summed E-state index contributed by atoms with van der Waals surface area (Å²) >= 11 is 7.09. The number of nitrogens with one attached hydrogen (secondary N) is 1. The number of likely N-dealkylation sites (tertiary alicyclic amines) is 1. The number of carbonyl (C=O) groups is 2. The highest BCUT2D eigenvalue weighted by atomic mass is 35.5. The summed E-state index contributed by atoms with van der Waals surface area (Å²) in [6, 6.07) is 13.9. The number of rotatable bonds is 7. The first kappa shape index (κ1) is 18.1. The quantitative estimate of drug-likeness (QED) is 0.748. The van der Waals surface area contributed by atoms with E-state index in [-0.39, 0.29) is 30.6 Å². The fourth-order valence-corrected chi connectivity index (χ4v) is 4.06. The maximum atomic E-state index is 12.1. The number of nitrogens with zero attached hydrogens (tertiary/aromatic N) is 1. The van der Waals surface area contributed by atoms with Crippen LogP contribution in [0.1, 0.15) is 34.5 Å². The van der Waals surface area contributed by atoms with Gasteiger partial charge in [-0.25, -0.2) is 0 Å². The fraction of sp³-hybridized carbons (Fsp3) is 0.368. The molecule has 2 heterocycles. The molecule has 0 radical (unpaired) electrons. The Morgan fingerprint density at radius 3 is 2.68 bits per heavy atom. The number of hydrogen-bond donors (Lipinski definition) is 1. The predicted molar refractivity (Wildman–Crippen MR) is 101 cm³/mol. The summed E-state index contributed by atoms with van der Waals surface area (Å²) in [4.78, 5) is 27.1. The summed E-state index contributed by atoms with van der Waals surface area (Å²) < 4.78 is 0.595. The molecular weight excluding hydrogens is 356 g/mol. The Balaban J connectivity index is 1.39. The molecule has 6 heteroatoms. The number of halogens is 1. The summed E-state index contributed by atoms with van der Waals surface area (Å²) in [5.74, 6) is -0.0771. The summed E-state index contributed by atoms with van der Waals surface area (Å²) in [7, 11) is 0. The maximum absolute atomic E-state index is 12.1. The van der Waals surface area contributed by atoms with Gasteiger partial charge in [0.2, 0.25) is 5.91 Å². The molecule has 1 amide bonds. The van der Waals surface area contributed by atoms with Crippen LogP contribution in [0.15, 0.2) is 42.5 Å². The zero-order chi connectivity index (χ0) is 17.6. The van der Waals surface area contributed by atoms with E-state index in [1.54, 1.807) is 12.1 Å². The number of thiophene rings is 1. The molecule has 1 aliphatic heterocycles. The van der Waals surface area contributed by atoms with Crippen LogP contribution >= 0.6 is 22.9 Å². The first-order chi connectivity index (χ1) is 12.1. The normalized spacial score (nSPS) is 17.6. The highest BCUT2D eigenvalue weighted by Gasteiger charge is 2.24. The number of ketones is 1. The summed E-state index contributed by atoms with van der Waals surface area (Å²) in [6.45, 7) is 2.74. The average Bonchev–Trinajstić information content (AvgIpc) is 3.23. The minimum atomic E-state index is -0.0532. The van der Waals surface area contributed by atoms with E-state index in [9.17, 15) is 9.59 Å². The lowest BCUT2D eigenvalue weighted by Gasteiger charge is -2.16. The second-order valence-electron chi connectivity index (χ2n) is 6.30. The summed E-state index contributed by atoms with van der Waals surface area (Å²) in [5.41, 5.74) is 1.29. The van der Waals surface area contributed by atoms with Crippen molar-refractivity contribution in [3.8, 4) is 0 Å². The lowest BCUT2D eigenvalue weighted by molar-refractivity contribution is -0.121. The van der Waals surface area contributed by atoms with Gasteiger partial charge < -0.3 is 5.32 Å². The predicted octanol–water partition coefficient (Wildman–Crippen LogP) is 3.76. The van der Waals surface area contributed by atoms with E-state index in [2.05, 4.69) is 22.3 Å². The van der Waals surface area contributed by atoms with Gasteiger partial charge >= 0.3 is 0 Å². The molecule has 2 aromatic rings. The molecule has 0 saturated carbocycles. The van der Waals surface area contributed by atoms with Crippen LogP contribution in [0.4, 0.5) is 0 Å². The topological polar surface area (TPSA) is 49.4 Å². The van der Waals surface area contributed by atoms with Crippen molar-refractivity contribution in [1.29, 1.82) is 0 Å². The molecule has 3 rings (SSSR count). The molecule has 4 nitrogen and oxygen atoms in total. The van der Waals surface area contributed by atoms with Crippen LogP contribution < -0.4 is 5.32 Å². The lowest BCUT2D eigenvalue weighted by atomic mass is 10.1. The first-order valence-corrected chi connectivity index (χ1v) is 9.64. The van der Waals surface area contributed by atoms with E-state index >= 15 is 0 Å². The van der Waals surface area contributed by atoms with Crippen molar-refractivity contribution < 1.29 is 9.59 Å². The standard InChI is InChI=1S/C19H21ClN2O2S/c20-18-8-7-17(25-18)16(23)6-9-19(24)21-15-10-11-22(13-15)12-14-4-2-1-3-5-14/h1-5,7-8,15H,6,9-13H2,(H,21,24). The van der Waals surface area contributed by atoms with Gasteiger partial charge in [-0.1, -0.05) is 41.9 Å². The number of benzene rings is 1. The van der Waals surface area contributed by atoms with Crippen LogP contribution in [0.5, 0.6) is 0 Å². The minimum absolute atomic E-state index is 0.0239. The Labute approximate surface area is 156 Å². The van der Waals surface area contributed by atoms with Gasteiger partial charge in [0.05, 0.1) is 9.21 Å². The van der Waals surface area contributed by atoms with Crippen LogP contribution in [-0.4, -0.2) is 35.7 Å². The Kier molecular flexibility index (Phi) is 6.24. The smallest absolute Gasteiger partial charge is 0.220 e. The van der Waals surface area contributed by atoms with Crippen molar-refractivity contribution in [2.75, 3.05) is 13.1 Å². The zero-order valence-electron chi connectivity index (χ0n) is 13.9. The summed E-state index contributed by atoms with van der Waals surface area (Å²) in [6.07, 6.45) is 1.40. The van der Waals surface area contributed by atoms with Crippen molar-refractivity contribution >= 4 is 34.6 Å². The third-order valence-electron chi connectivity index (χ3n) is 4.31. The maximum Gasteiger partial charge on any atom is 0.220 e. The second kappa shape index (κ2) is 8.61. The molecule has 0 aliphatic carbocycles. The average molecular weight is 377 g/mol. The molecule has 1 atom stereocenters. The molecule has 0 spiro atoms. The van der Waals surface area contributed by atoms with Crippen LogP contribution in [-0.2, 0) is 11.3 Å². The third kappa shape index (κ3) is 5.39. The van der Waals surface area contributed by atoms with E-state index in [4.69, 9.17) is 11.6 Å². The number of hydrogen-bond acceptors (Lipinski definition) is 4. The minimum Gasteiger partial charge on any atom is -0.352 e. The number of amides is 1. The summed E-state index contributed by atoms with van der Waals surface area (Å²) in [5, 5.41) is 3.05. The van der Waals surface area contributed by atoms with Crippen molar-refractivity contribution in [3.05, 3.63) is 57.2 Å². The van der Waals surface area contributed by atoms with Gasteiger partial charge in [-0.05, 0) is 24.1 Å². The monoisotopic (exact) mass is 376 g/mol. The largest absolute Gasteiger partial charge is 0.352 e. The van der Waals surface area contributed by atoms with Crippen molar-refractivity contribution in [2.24, 2.45) is 0 Å². The van der Waals surface area contributed by atoms with Crippen LogP contribution in [0.3, 0.4) is 0 Å². The van der Waals surface area contributed by atoms with Gasteiger partial charge in [0.1, 0.15) is 0 Å². The Hall–Kier alpha value is -1.69. The van der Waals surface area contributed by atoms with Crippen LogP contribution in [0.25, 0.3) is 0 Å². The van der Waals surface area contributed by atoms with E-state index in [0.717, 1.165) is 26.1 Å². The van der Waals surface area contributed by atoms with Gasteiger partial charge in [-0.2, -0.15) is 0 Å². The molecule has 1 aliphatic rings. The molecule has 1 N–H and O–H groups in total. The Bertz CT molecular complexity index is 732. The van der Waals surface area contributed by atoms with E-state index < -0.39 is 0 Å². The Morgan fingerprint density at radius 1 is 1.16 bits per heavy atom. The third-order valence-corrected chi connectivity index (χ3v) is 5.59. The fourth-order valence-electron chi connectivity index (χ4n) is 3.05. The van der Waals surface area contributed by atoms with Gasteiger partial charge in [0.25, 0.3) is 0 Å². The number of Topliss-reactive ketones (excluding diaryl/α,β-unsaturated/α-hetero) is 1. The van der Waals surface area contributed by atoms with E-state index in [1.165, 1.54) is 16.9 Å². The SMILES string of the molecule is O=C(CCC(=O)c1ccc(Cl)s1)NC1CCN(Cc2ccccc2)C1. The first-order valence-electron chi connectivity index (χ1n) is 8.44. The van der Waals surface area contributed by atoms with Crippen LogP contribution in [0.2, 0.25) is 4.34 Å². The van der Waals surface area contributed by atoms with Crippen LogP contribution in [0, 0.1) is 0 Å². The highest BCUT2D eigenvalue weighted by molar-refractivity contribution is 7.18. The van der Waals surface area contributed by atoms with E-state index in [0.29, 0.717) is 9.21 Å². The lowest BCUT2D eigenvalue weighted by Crippen LogP contribution is -2.37. The molecule has 1 aromatic heterocycles. The van der Waals surface area contributed by atoms with Gasteiger partial charge in [0.15, 0.2) is 5.78 Å². The van der Waals surface area contributed by atoms with Gasteiger partial charge in [-0.15, -0.1) is 11.3 Å². The van der Waals surface area contributed by atoms with Gasteiger partial charge in [0, 0.05) is 38.5 Å². The number of carbonyl (C=O) groups excluding carboxylic acids is 2. The molecule has 25 heavy (non-hydrogen) atoms. The van der Waals surface area contributed by atoms with Crippen molar-refractivity contribution in [1.82, 2.24) is 10.2 Å². The van der Waals surface area contributed by atoms with Crippen molar-refractivity contribution in [3.63, 3.8) is 0 Å². The molecule has 1 saturated heterocycles.